The van der Waals surface area contributed by atoms with E-state index in [1.54, 1.807) is 0 Å². The number of aliphatic carboxylic acids is 2. The predicted octanol–water partition coefficient (Wildman–Crippen LogP) is 0.0747. The first-order chi connectivity index (χ1) is 4.13. The fraction of sp³-hybridized carbons (Fsp3) is 0.500. The van der Waals surface area contributed by atoms with Crippen LogP contribution in [0, 0.1) is 0 Å². The van der Waals surface area contributed by atoms with Gasteiger partial charge in [0, 0.05) is 0 Å². The number of carboxylic acid groups (broad SMARTS) is 2. The van der Waals surface area contributed by atoms with Gasteiger partial charge < -0.3 is 0 Å². The van der Waals surface area contributed by atoms with Crippen LogP contribution in [0.15, 0.2) is 0 Å². The maximum absolute atomic E-state index is 9.81. The first-order valence-electron chi connectivity index (χ1n) is 2.03. The molecule has 4 nitrogen and oxygen atoms in total. The second-order valence-electron chi connectivity index (χ2n) is 1.19. The normalized spacial score (nSPS) is 9.33. The molecule has 2 N–H and O–H groups in total. The third-order valence-electron chi connectivity index (χ3n) is 0.368. The fourth-order valence-corrected chi connectivity index (χ4v) is 1.09. The molecule has 9 heavy (non-hydrogen) atoms. The molecule has 0 aromatic heterocycles. The van der Waals surface area contributed by atoms with Crippen molar-refractivity contribution in [3.8, 4) is 0 Å². The van der Waals surface area contributed by atoms with Crippen molar-refractivity contribution in [2.75, 3.05) is 0 Å². The van der Waals surface area contributed by atoms with Crippen molar-refractivity contribution < 1.29 is 36.9 Å². The van der Waals surface area contributed by atoms with E-state index in [-0.39, 0.29) is 27.2 Å². The zero-order valence-corrected chi connectivity index (χ0v) is 6.10. The molecule has 0 saturated heterocycles. The van der Waals surface area contributed by atoms with Crippen LogP contribution in [-0.2, 0) is 26.7 Å². The van der Waals surface area contributed by atoms with Crippen molar-refractivity contribution in [2.24, 2.45) is 0 Å². The summed E-state index contributed by atoms with van der Waals surface area (Å²) < 4.78 is 0. The second-order valence-corrected chi connectivity index (χ2v) is 3.17. The molecule has 0 aliphatic heterocycles. The molecule has 0 aromatic carbocycles. The van der Waals surface area contributed by atoms with E-state index >= 15 is 0 Å². The van der Waals surface area contributed by atoms with Gasteiger partial charge in [0.15, 0.2) is 0 Å². The average Bonchev–Trinajstić information content (AvgIpc) is 1.63. The molecule has 0 unspecified atom stereocenters. The third-order valence-corrected chi connectivity index (χ3v) is 2.18. The Hall–Kier alpha value is -0.437. The first kappa shape index (κ1) is 8.56. The molecule has 5 heteroatoms. The molecular weight excluding hydrogens is 215 g/mol. The van der Waals surface area contributed by atoms with Gasteiger partial charge in [0.25, 0.3) is 0 Å². The molecule has 0 spiro atoms. The Morgan fingerprint density at radius 3 is 1.67 bits per heavy atom. The molecule has 0 radical (unpaired) electrons. The molecule has 0 aliphatic carbocycles. The number of hydrogen-bond acceptors (Lipinski definition) is 2. The van der Waals surface area contributed by atoms with E-state index in [0.29, 0.717) is 0 Å². The molecule has 0 bridgehead atoms. The van der Waals surface area contributed by atoms with E-state index in [0.717, 1.165) is 0 Å². The molecule has 55 valence electrons. The van der Waals surface area contributed by atoms with Crippen LogP contribution < -0.4 is 0 Å². The molecule has 0 amide bonds. The Labute approximate surface area is 59.5 Å². The Balaban J connectivity index is 3.10. The summed E-state index contributed by atoms with van der Waals surface area (Å²) in [6.45, 7) is 0. The van der Waals surface area contributed by atoms with Crippen molar-refractivity contribution in [3.63, 3.8) is 0 Å². The summed E-state index contributed by atoms with van der Waals surface area (Å²) in [4.78, 5) is 19.6. The maximum atomic E-state index is 9.81. The van der Waals surface area contributed by atoms with Crippen LogP contribution in [0.1, 0.15) is 0 Å². The Morgan fingerprint density at radius 2 is 1.44 bits per heavy atom. The summed E-state index contributed by atoms with van der Waals surface area (Å²) >= 11 is -0.339. The topological polar surface area (TPSA) is 74.6 Å². The summed E-state index contributed by atoms with van der Waals surface area (Å²) in [6.07, 6.45) is 0. The zero-order valence-electron chi connectivity index (χ0n) is 4.46. The van der Waals surface area contributed by atoms with Gasteiger partial charge in [0.05, 0.1) is 0 Å². The summed E-state index contributed by atoms with van der Waals surface area (Å²) in [6, 6.07) is 0. The van der Waals surface area contributed by atoms with Gasteiger partial charge in [0.1, 0.15) is 0 Å². The predicted molar refractivity (Wildman–Crippen MR) is 24.9 cm³/mol. The molecule has 0 rings (SSSR count). The van der Waals surface area contributed by atoms with Gasteiger partial charge in [-0.25, -0.2) is 0 Å². The van der Waals surface area contributed by atoms with E-state index in [2.05, 4.69) is 0 Å². The number of hydrogen-bond donors (Lipinski definition) is 2. The number of carbonyl (C=O) groups is 2. The first-order valence-corrected chi connectivity index (χ1v) is 4.35. The molecule has 0 fully saturated rings. The SMILES string of the molecule is O=C(O)[CH2][Rh][CH2]C(=O)O. The van der Waals surface area contributed by atoms with Gasteiger partial charge in [-0.05, 0) is 0 Å². The number of carboxylic acids is 2. The molecule has 0 heterocycles. The summed E-state index contributed by atoms with van der Waals surface area (Å²) in [7, 11) is 0. The standard InChI is InChI=1S/2C2H3O2.Rh/c2*1-2(3)4;/h2*1H2,(H,3,4);. The van der Waals surface area contributed by atoms with Crippen molar-refractivity contribution in [1.82, 2.24) is 0 Å². The van der Waals surface area contributed by atoms with Crippen molar-refractivity contribution in [2.45, 2.75) is 10.0 Å². The zero-order chi connectivity index (χ0) is 7.28. The summed E-state index contributed by atoms with van der Waals surface area (Å²) in [5, 5.41) is 16.1. The summed E-state index contributed by atoms with van der Waals surface area (Å²) in [5.41, 5.74) is 0. The number of rotatable bonds is 4. The van der Waals surface area contributed by atoms with Crippen molar-refractivity contribution >= 4 is 11.9 Å². The van der Waals surface area contributed by atoms with Crippen LogP contribution in [0.4, 0.5) is 0 Å². The van der Waals surface area contributed by atoms with Crippen molar-refractivity contribution in [1.29, 1.82) is 0 Å². The molecular formula is C4H6O4Rh. The fourth-order valence-electron chi connectivity index (χ4n) is 0.184. The van der Waals surface area contributed by atoms with Crippen LogP contribution in [0.3, 0.4) is 0 Å². The van der Waals surface area contributed by atoms with Crippen LogP contribution in [0.5, 0.6) is 0 Å². The van der Waals surface area contributed by atoms with Gasteiger partial charge in [0.2, 0.25) is 0 Å². The average molecular weight is 221 g/mol. The quantitative estimate of drug-likeness (QED) is 0.659. The molecule has 0 saturated carbocycles. The van der Waals surface area contributed by atoms with E-state index in [9.17, 15) is 9.59 Å². The Kier molecular flexibility index (Phi) is 4.23. The molecule has 0 atom stereocenters. The minimum absolute atomic E-state index is 0.00681. The van der Waals surface area contributed by atoms with E-state index in [1.165, 1.54) is 0 Å². The third kappa shape index (κ3) is 7.56. The van der Waals surface area contributed by atoms with Gasteiger partial charge in [-0.15, -0.1) is 0 Å². The van der Waals surface area contributed by atoms with E-state index in [4.69, 9.17) is 10.2 Å². The second kappa shape index (κ2) is 4.44. The van der Waals surface area contributed by atoms with Gasteiger partial charge in [-0.3, -0.25) is 0 Å². The van der Waals surface area contributed by atoms with Gasteiger partial charge >= 0.3 is 58.9 Å². The molecule has 0 aliphatic rings. The van der Waals surface area contributed by atoms with Crippen LogP contribution in [-0.4, -0.2) is 22.2 Å². The Morgan fingerprint density at radius 1 is 1.11 bits per heavy atom. The van der Waals surface area contributed by atoms with Gasteiger partial charge in [-0.1, -0.05) is 0 Å². The van der Waals surface area contributed by atoms with Crippen LogP contribution in [0.2, 0.25) is 10.0 Å². The Bertz CT molecular complexity index is 108. The molecule has 0 aromatic rings. The summed E-state index contributed by atoms with van der Waals surface area (Å²) in [5.74, 6) is -1.83. The van der Waals surface area contributed by atoms with Gasteiger partial charge in [-0.2, -0.15) is 0 Å². The van der Waals surface area contributed by atoms with E-state index < -0.39 is 11.9 Å². The van der Waals surface area contributed by atoms with Crippen molar-refractivity contribution in [3.05, 3.63) is 0 Å². The van der Waals surface area contributed by atoms with E-state index in [1.807, 2.05) is 0 Å². The minimum atomic E-state index is -0.917. The monoisotopic (exact) mass is 221 g/mol. The van der Waals surface area contributed by atoms with Crippen LogP contribution in [0.25, 0.3) is 0 Å². The van der Waals surface area contributed by atoms with Crippen LogP contribution >= 0.6 is 0 Å².